The van der Waals surface area contributed by atoms with Crippen molar-refractivity contribution < 1.29 is 14.1 Å². The lowest BCUT2D eigenvalue weighted by Gasteiger charge is -2.09. The fourth-order valence-corrected chi connectivity index (χ4v) is 1.72. The van der Waals surface area contributed by atoms with E-state index in [0.29, 0.717) is 17.3 Å². The molecule has 0 aliphatic carbocycles. The molecule has 0 saturated carbocycles. The number of carbonyl (C=O) groups is 1. The number of nitrogens with two attached hydrogens (primary N) is 1. The summed E-state index contributed by atoms with van der Waals surface area (Å²) in [7, 11) is 0. The number of nitro groups is 1. The van der Waals surface area contributed by atoms with Gasteiger partial charge >= 0.3 is 0 Å². The van der Waals surface area contributed by atoms with Gasteiger partial charge in [0.2, 0.25) is 0 Å². The van der Waals surface area contributed by atoms with Crippen molar-refractivity contribution in [3.05, 3.63) is 57.7 Å². The number of aromatic nitrogens is 1. The first kappa shape index (κ1) is 14.4. The highest BCUT2D eigenvalue weighted by atomic mass is 19.1. The van der Waals surface area contributed by atoms with Gasteiger partial charge in [-0.1, -0.05) is 0 Å². The minimum absolute atomic E-state index is 0.310. The molecule has 0 spiro atoms. The van der Waals surface area contributed by atoms with E-state index < -0.39 is 22.3 Å². The van der Waals surface area contributed by atoms with E-state index >= 15 is 0 Å². The molecule has 8 heteroatoms. The molecular formula is C13H11FN4O3. The number of nitro benzene ring substituents is 1. The highest BCUT2D eigenvalue weighted by Gasteiger charge is 2.23. The van der Waals surface area contributed by atoms with Crippen molar-refractivity contribution in [2.75, 3.05) is 11.1 Å². The van der Waals surface area contributed by atoms with Gasteiger partial charge in [0.25, 0.3) is 11.6 Å². The minimum atomic E-state index is -0.946. The first-order valence-electron chi connectivity index (χ1n) is 5.85. The number of nitrogens with one attached hydrogen (secondary N) is 1. The van der Waals surface area contributed by atoms with Gasteiger partial charge in [-0.25, -0.2) is 4.39 Å². The number of hydrogen-bond donors (Lipinski definition) is 2. The van der Waals surface area contributed by atoms with Crippen LogP contribution in [0.2, 0.25) is 0 Å². The van der Waals surface area contributed by atoms with Crippen molar-refractivity contribution in [2.24, 2.45) is 0 Å². The van der Waals surface area contributed by atoms with Crippen LogP contribution in [0.3, 0.4) is 0 Å². The number of rotatable bonds is 3. The Bertz CT molecular complexity index is 733. The molecule has 1 heterocycles. The Morgan fingerprint density at radius 3 is 2.81 bits per heavy atom. The van der Waals surface area contributed by atoms with Crippen LogP contribution in [0.25, 0.3) is 0 Å². The van der Waals surface area contributed by atoms with Crippen molar-refractivity contribution in [2.45, 2.75) is 6.92 Å². The molecule has 21 heavy (non-hydrogen) atoms. The summed E-state index contributed by atoms with van der Waals surface area (Å²) in [4.78, 5) is 26.1. The number of hydrogen-bond acceptors (Lipinski definition) is 5. The number of aryl methyl sites for hydroxylation is 1. The highest BCUT2D eigenvalue weighted by molar-refractivity contribution is 6.07. The van der Waals surface area contributed by atoms with E-state index in [-0.39, 0.29) is 11.3 Å². The van der Waals surface area contributed by atoms with Crippen molar-refractivity contribution >= 4 is 23.0 Å². The van der Waals surface area contributed by atoms with Crippen LogP contribution in [0.15, 0.2) is 30.6 Å². The lowest BCUT2D eigenvalue weighted by Crippen LogP contribution is -2.15. The molecule has 1 aromatic heterocycles. The Labute approximate surface area is 118 Å². The van der Waals surface area contributed by atoms with Crippen molar-refractivity contribution in [1.82, 2.24) is 4.98 Å². The van der Waals surface area contributed by atoms with Gasteiger partial charge in [-0.2, -0.15) is 0 Å². The van der Waals surface area contributed by atoms with E-state index in [1.165, 1.54) is 12.4 Å². The molecule has 1 aromatic carbocycles. The first-order valence-corrected chi connectivity index (χ1v) is 5.85. The molecule has 1 amide bonds. The zero-order chi connectivity index (χ0) is 15.6. The predicted octanol–water partition coefficient (Wildman–Crippen LogP) is 2.27. The molecule has 2 aromatic rings. The van der Waals surface area contributed by atoms with E-state index in [0.717, 1.165) is 6.07 Å². The molecule has 108 valence electrons. The third-order valence-corrected chi connectivity index (χ3v) is 2.82. The van der Waals surface area contributed by atoms with E-state index in [2.05, 4.69) is 10.3 Å². The van der Waals surface area contributed by atoms with Gasteiger partial charge < -0.3 is 11.1 Å². The van der Waals surface area contributed by atoms with Crippen molar-refractivity contribution in [3.8, 4) is 0 Å². The Kier molecular flexibility index (Phi) is 3.79. The largest absolute Gasteiger partial charge is 0.396 e. The normalized spacial score (nSPS) is 10.2. The second kappa shape index (κ2) is 5.53. The number of benzene rings is 1. The summed E-state index contributed by atoms with van der Waals surface area (Å²) in [5.41, 5.74) is 5.20. The smallest absolute Gasteiger partial charge is 0.285 e. The zero-order valence-corrected chi connectivity index (χ0v) is 11.0. The van der Waals surface area contributed by atoms with Crippen LogP contribution < -0.4 is 11.1 Å². The summed E-state index contributed by atoms with van der Waals surface area (Å²) in [5, 5.41) is 13.4. The number of nitrogens with zero attached hydrogens (tertiary/aromatic N) is 2. The van der Waals surface area contributed by atoms with E-state index in [1.807, 2.05) is 0 Å². The van der Waals surface area contributed by atoms with Crippen LogP contribution in [0.4, 0.5) is 21.5 Å². The van der Waals surface area contributed by atoms with Crippen LogP contribution in [0.1, 0.15) is 15.9 Å². The fourth-order valence-electron chi connectivity index (χ4n) is 1.72. The molecule has 0 fully saturated rings. The van der Waals surface area contributed by atoms with Gasteiger partial charge in [0.05, 0.1) is 16.7 Å². The molecule has 0 bridgehead atoms. The molecule has 0 atom stereocenters. The second-order valence-electron chi connectivity index (χ2n) is 4.29. The van der Waals surface area contributed by atoms with Crippen molar-refractivity contribution in [3.63, 3.8) is 0 Å². The summed E-state index contributed by atoms with van der Waals surface area (Å²) in [6.45, 7) is 1.72. The van der Waals surface area contributed by atoms with Gasteiger partial charge in [0.15, 0.2) is 5.82 Å². The predicted molar refractivity (Wildman–Crippen MR) is 74.4 cm³/mol. The van der Waals surface area contributed by atoms with Gasteiger partial charge in [-0.05, 0) is 24.6 Å². The third kappa shape index (κ3) is 2.94. The lowest BCUT2D eigenvalue weighted by molar-refractivity contribution is -0.385. The van der Waals surface area contributed by atoms with Gasteiger partial charge in [0.1, 0.15) is 5.56 Å². The maximum absolute atomic E-state index is 13.3. The quantitative estimate of drug-likeness (QED) is 0.511. The van der Waals surface area contributed by atoms with Crippen LogP contribution in [-0.4, -0.2) is 15.8 Å². The Morgan fingerprint density at radius 1 is 1.48 bits per heavy atom. The average Bonchev–Trinajstić information content (AvgIpc) is 2.43. The topological polar surface area (TPSA) is 111 Å². The van der Waals surface area contributed by atoms with Crippen LogP contribution >= 0.6 is 0 Å². The van der Waals surface area contributed by atoms with E-state index in [1.54, 1.807) is 13.0 Å². The molecule has 0 saturated heterocycles. The molecule has 0 aliphatic rings. The summed E-state index contributed by atoms with van der Waals surface area (Å²) < 4.78 is 13.3. The summed E-state index contributed by atoms with van der Waals surface area (Å²) in [6, 6.07) is 3.12. The number of halogens is 1. The molecule has 0 unspecified atom stereocenters. The fraction of sp³-hybridized carbons (Fsp3) is 0.0769. The number of nitrogen functional groups attached to an aromatic ring is 1. The first-order chi connectivity index (χ1) is 9.90. The zero-order valence-electron chi connectivity index (χ0n) is 11.0. The summed E-state index contributed by atoms with van der Waals surface area (Å²) >= 11 is 0. The number of carbonyl (C=O) groups excluding carboxylic acids is 1. The van der Waals surface area contributed by atoms with Crippen LogP contribution in [0.5, 0.6) is 0 Å². The molecule has 0 radical (unpaired) electrons. The number of amides is 1. The van der Waals surface area contributed by atoms with Crippen LogP contribution in [0, 0.1) is 22.9 Å². The Hall–Kier alpha value is -3.03. The number of anilines is 2. The molecular weight excluding hydrogens is 279 g/mol. The molecule has 7 nitrogen and oxygen atoms in total. The molecule has 0 aliphatic heterocycles. The average molecular weight is 290 g/mol. The Morgan fingerprint density at radius 2 is 2.19 bits per heavy atom. The van der Waals surface area contributed by atoms with E-state index in [4.69, 9.17) is 5.73 Å². The second-order valence-corrected chi connectivity index (χ2v) is 4.29. The maximum atomic E-state index is 13.3. The van der Waals surface area contributed by atoms with E-state index in [9.17, 15) is 19.3 Å². The highest BCUT2D eigenvalue weighted by Crippen LogP contribution is 2.25. The standard InChI is InChI=1S/C13H11FN4O3/c1-7-6-16-3-2-11(7)17-13(19)8-4-10(15)9(14)5-12(8)18(20)21/h2-6H,15H2,1H3,(H,16,17,19). The number of pyridine rings is 1. The summed E-state index contributed by atoms with van der Waals surface area (Å²) in [5.74, 6) is -1.69. The molecule has 3 N–H and O–H groups in total. The Balaban J connectivity index is 2.42. The van der Waals surface area contributed by atoms with Gasteiger partial charge in [-0.15, -0.1) is 0 Å². The lowest BCUT2D eigenvalue weighted by atomic mass is 10.1. The third-order valence-electron chi connectivity index (χ3n) is 2.82. The summed E-state index contributed by atoms with van der Waals surface area (Å²) in [6.07, 6.45) is 3.00. The van der Waals surface area contributed by atoms with Crippen molar-refractivity contribution in [1.29, 1.82) is 0 Å². The monoisotopic (exact) mass is 290 g/mol. The molecule has 2 rings (SSSR count). The van der Waals surface area contributed by atoms with Crippen LogP contribution in [-0.2, 0) is 0 Å². The van der Waals surface area contributed by atoms with Gasteiger partial charge in [0, 0.05) is 18.1 Å². The SMILES string of the molecule is Cc1cnccc1NC(=O)c1cc(N)c(F)cc1[N+](=O)[O-]. The maximum Gasteiger partial charge on any atom is 0.285 e. The van der Waals surface area contributed by atoms with Gasteiger partial charge in [-0.3, -0.25) is 19.9 Å². The minimum Gasteiger partial charge on any atom is -0.396 e.